The maximum Gasteiger partial charge on any atom is 0.196 e. The van der Waals surface area contributed by atoms with Gasteiger partial charge >= 0.3 is 0 Å². The molecule has 2 saturated carbocycles. The molecule has 3 rings (SSSR count). The van der Waals surface area contributed by atoms with Crippen molar-refractivity contribution in [1.29, 1.82) is 10.5 Å². The molecule has 1 aromatic rings. The fraction of sp³-hybridized carbons (Fsp3) is 0.583. The standard InChI is InChI=1S/C24H29FN2/c25-24(17-27)15-20-5-3-18(4-6-20)1-2-19-7-11-22(12-8-19)23-13-9-21(16-26)10-14-23/h9-10,13-15,18-20,22H,1-8,11-12H2/t18-,19-,20-,22-. The summed E-state index contributed by atoms with van der Waals surface area (Å²) >= 11 is 0. The molecule has 0 spiro atoms. The minimum Gasteiger partial charge on any atom is -0.195 e. The van der Waals surface area contributed by atoms with Gasteiger partial charge in [-0.25, -0.2) is 0 Å². The highest BCUT2D eigenvalue weighted by molar-refractivity contribution is 5.33. The second-order valence-electron chi connectivity index (χ2n) is 8.44. The Balaban J connectivity index is 1.36. The zero-order valence-corrected chi connectivity index (χ0v) is 16.0. The molecule has 0 bridgehead atoms. The minimum absolute atomic E-state index is 0.267. The fourth-order valence-electron chi connectivity index (χ4n) is 4.97. The van der Waals surface area contributed by atoms with Crippen molar-refractivity contribution in [1.82, 2.24) is 0 Å². The number of hydrogen-bond acceptors (Lipinski definition) is 2. The van der Waals surface area contributed by atoms with Gasteiger partial charge in [-0.05, 0) is 98.8 Å². The van der Waals surface area contributed by atoms with E-state index < -0.39 is 5.83 Å². The van der Waals surface area contributed by atoms with Crippen LogP contribution in [0.1, 0.15) is 81.3 Å². The van der Waals surface area contributed by atoms with Crippen LogP contribution in [0, 0.1) is 40.4 Å². The van der Waals surface area contributed by atoms with E-state index in [2.05, 4.69) is 18.2 Å². The molecule has 3 heteroatoms. The van der Waals surface area contributed by atoms with Crippen molar-refractivity contribution in [2.45, 2.75) is 70.1 Å². The van der Waals surface area contributed by atoms with Gasteiger partial charge < -0.3 is 0 Å². The highest BCUT2D eigenvalue weighted by Crippen LogP contribution is 2.40. The molecule has 2 nitrogen and oxygen atoms in total. The van der Waals surface area contributed by atoms with Gasteiger partial charge in [-0.15, -0.1) is 0 Å². The van der Waals surface area contributed by atoms with Crippen molar-refractivity contribution in [2.75, 3.05) is 0 Å². The number of halogens is 1. The molecule has 0 amide bonds. The van der Waals surface area contributed by atoms with Gasteiger partial charge in [-0.2, -0.15) is 14.9 Å². The number of nitriles is 2. The van der Waals surface area contributed by atoms with Gasteiger partial charge in [0.2, 0.25) is 0 Å². The summed E-state index contributed by atoms with van der Waals surface area (Å²) in [7, 11) is 0. The van der Waals surface area contributed by atoms with Crippen LogP contribution in [0.4, 0.5) is 4.39 Å². The summed E-state index contributed by atoms with van der Waals surface area (Å²) < 4.78 is 13.1. The van der Waals surface area contributed by atoms with Crippen molar-refractivity contribution in [3.63, 3.8) is 0 Å². The molecule has 2 aliphatic carbocycles. The van der Waals surface area contributed by atoms with Crippen molar-refractivity contribution in [2.24, 2.45) is 17.8 Å². The molecule has 0 unspecified atom stereocenters. The molecule has 0 radical (unpaired) electrons. The average molecular weight is 365 g/mol. The minimum atomic E-state index is -0.613. The van der Waals surface area contributed by atoms with Gasteiger partial charge in [-0.3, -0.25) is 0 Å². The van der Waals surface area contributed by atoms with E-state index in [1.54, 1.807) is 6.07 Å². The lowest BCUT2D eigenvalue weighted by Crippen LogP contribution is -2.17. The first kappa shape index (κ1) is 19.6. The number of benzene rings is 1. The monoisotopic (exact) mass is 364 g/mol. The average Bonchev–Trinajstić information content (AvgIpc) is 2.73. The lowest BCUT2D eigenvalue weighted by Gasteiger charge is -2.31. The van der Waals surface area contributed by atoms with Crippen molar-refractivity contribution < 1.29 is 4.39 Å². The normalized spacial score (nSPS) is 28.9. The van der Waals surface area contributed by atoms with Gasteiger partial charge in [0, 0.05) is 0 Å². The van der Waals surface area contributed by atoms with Crippen LogP contribution in [0.2, 0.25) is 0 Å². The van der Waals surface area contributed by atoms with Gasteiger partial charge in [0.25, 0.3) is 0 Å². The van der Waals surface area contributed by atoms with Crippen LogP contribution in [0.25, 0.3) is 0 Å². The van der Waals surface area contributed by atoms with E-state index in [9.17, 15) is 4.39 Å². The summed E-state index contributed by atoms with van der Waals surface area (Å²) in [5, 5.41) is 17.5. The molecule has 0 N–H and O–H groups in total. The third-order valence-electron chi connectivity index (χ3n) is 6.72. The van der Waals surface area contributed by atoms with E-state index in [1.165, 1.54) is 63.0 Å². The first-order valence-corrected chi connectivity index (χ1v) is 10.5. The maximum atomic E-state index is 13.1. The number of nitrogens with zero attached hydrogens (tertiary/aromatic N) is 2. The highest BCUT2D eigenvalue weighted by Gasteiger charge is 2.25. The molecular formula is C24H29FN2. The predicted octanol–water partition coefficient (Wildman–Crippen LogP) is 6.80. The third-order valence-corrected chi connectivity index (χ3v) is 6.72. The number of rotatable bonds is 5. The van der Waals surface area contributed by atoms with Crippen LogP contribution in [0.5, 0.6) is 0 Å². The van der Waals surface area contributed by atoms with Crippen LogP contribution < -0.4 is 0 Å². The lowest BCUT2D eigenvalue weighted by atomic mass is 9.74. The summed E-state index contributed by atoms with van der Waals surface area (Å²) in [6.45, 7) is 0. The first-order valence-electron chi connectivity index (χ1n) is 10.5. The van der Waals surface area contributed by atoms with E-state index in [0.29, 0.717) is 5.92 Å². The largest absolute Gasteiger partial charge is 0.196 e. The second-order valence-corrected chi connectivity index (χ2v) is 8.44. The van der Waals surface area contributed by atoms with Gasteiger partial charge in [0.15, 0.2) is 5.83 Å². The molecule has 0 aliphatic heterocycles. The highest BCUT2D eigenvalue weighted by atomic mass is 19.1. The van der Waals surface area contributed by atoms with E-state index in [-0.39, 0.29) is 5.92 Å². The van der Waals surface area contributed by atoms with E-state index >= 15 is 0 Å². The molecule has 0 saturated heterocycles. The van der Waals surface area contributed by atoms with E-state index in [0.717, 1.165) is 30.2 Å². The topological polar surface area (TPSA) is 47.6 Å². The quantitative estimate of drug-likeness (QED) is 0.540. The third kappa shape index (κ3) is 5.67. The molecule has 0 atom stereocenters. The molecule has 2 fully saturated rings. The van der Waals surface area contributed by atoms with Gasteiger partial charge in [-0.1, -0.05) is 25.0 Å². The van der Waals surface area contributed by atoms with Crippen molar-refractivity contribution in [3.8, 4) is 12.1 Å². The Bertz CT molecular complexity index is 706. The lowest BCUT2D eigenvalue weighted by molar-refractivity contribution is 0.245. The first-order chi connectivity index (χ1) is 13.2. The van der Waals surface area contributed by atoms with Gasteiger partial charge in [0.1, 0.15) is 6.07 Å². The Morgan fingerprint density at radius 3 is 1.96 bits per heavy atom. The summed E-state index contributed by atoms with van der Waals surface area (Å²) in [6.07, 6.45) is 13.8. The van der Waals surface area contributed by atoms with Crippen LogP contribution in [0.3, 0.4) is 0 Å². The van der Waals surface area contributed by atoms with Gasteiger partial charge in [0.05, 0.1) is 11.6 Å². The maximum absolute atomic E-state index is 13.1. The van der Waals surface area contributed by atoms with Crippen LogP contribution in [0.15, 0.2) is 36.2 Å². The summed E-state index contributed by atoms with van der Waals surface area (Å²) in [5.74, 6) is 1.96. The SMILES string of the molecule is N#CC(F)=C[C@H]1CC[C@H](CC[C@H]2CC[C@H](c3ccc(C#N)cc3)CC2)CC1. The number of allylic oxidation sites excluding steroid dienone is 2. The van der Waals surface area contributed by atoms with Crippen LogP contribution >= 0.6 is 0 Å². The Morgan fingerprint density at radius 1 is 0.889 bits per heavy atom. The zero-order chi connectivity index (χ0) is 19.1. The molecule has 2 aliphatic rings. The summed E-state index contributed by atoms with van der Waals surface area (Å²) in [6, 6.07) is 11.9. The molecule has 27 heavy (non-hydrogen) atoms. The Morgan fingerprint density at radius 2 is 1.44 bits per heavy atom. The van der Waals surface area contributed by atoms with Crippen molar-refractivity contribution in [3.05, 3.63) is 47.3 Å². The Hall–Kier alpha value is -2.13. The summed E-state index contributed by atoms with van der Waals surface area (Å²) in [4.78, 5) is 0. The predicted molar refractivity (Wildman–Crippen MR) is 105 cm³/mol. The van der Waals surface area contributed by atoms with Crippen LogP contribution in [-0.4, -0.2) is 0 Å². The fourth-order valence-corrected chi connectivity index (χ4v) is 4.97. The molecule has 142 valence electrons. The smallest absolute Gasteiger partial charge is 0.195 e. The van der Waals surface area contributed by atoms with Crippen LogP contribution in [-0.2, 0) is 0 Å². The molecular weight excluding hydrogens is 335 g/mol. The van der Waals surface area contributed by atoms with Crippen molar-refractivity contribution >= 4 is 0 Å². The Kier molecular flexibility index (Phi) is 7.05. The second kappa shape index (κ2) is 9.70. The summed E-state index contributed by atoms with van der Waals surface area (Å²) in [5.41, 5.74) is 2.14. The molecule has 0 aromatic heterocycles. The van der Waals surface area contributed by atoms with E-state index in [1.807, 2.05) is 12.1 Å². The Labute approximate surface area is 162 Å². The number of hydrogen-bond donors (Lipinski definition) is 0. The molecule has 0 heterocycles. The van der Waals surface area contributed by atoms with E-state index in [4.69, 9.17) is 10.5 Å². The molecule has 1 aromatic carbocycles. The zero-order valence-electron chi connectivity index (χ0n) is 16.0.